The number of nitrogens with zero attached hydrogens (tertiary/aromatic N) is 2. The second-order valence-corrected chi connectivity index (χ2v) is 12.4. The van der Waals surface area contributed by atoms with Crippen LogP contribution in [0.5, 0.6) is 28.7 Å². The van der Waals surface area contributed by atoms with Crippen molar-refractivity contribution in [3.63, 3.8) is 0 Å². The second-order valence-electron chi connectivity index (χ2n) is 12.4. The Labute approximate surface area is 305 Å². The van der Waals surface area contributed by atoms with Gasteiger partial charge in [-0.05, 0) is 78.9 Å². The molecule has 0 fully saturated rings. The summed E-state index contributed by atoms with van der Waals surface area (Å²) in [5.74, 6) is 3.35. The number of rotatable bonds is 21. The highest BCUT2D eigenvalue weighted by molar-refractivity contribution is 5.88. The molecule has 0 aromatic heterocycles. The molecule has 0 saturated heterocycles. The SMILES string of the molecule is CCCCCCOc1c(C)ccc(C=Nc2ccc(/C=C/c3ccc(N=Cc4ccc(OC)c(OC)c4OC)cc3)cc2)c1OCCCCCC. The maximum atomic E-state index is 6.38. The first kappa shape index (κ1) is 38.8. The predicted octanol–water partition coefficient (Wildman–Crippen LogP) is 11.6. The number of benzene rings is 4. The maximum absolute atomic E-state index is 6.38. The molecule has 0 aliphatic rings. The fourth-order valence-corrected chi connectivity index (χ4v) is 5.56. The number of aryl methyl sites for hydroxylation is 1. The smallest absolute Gasteiger partial charge is 0.203 e. The van der Waals surface area contributed by atoms with Gasteiger partial charge in [-0.2, -0.15) is 0 Å². The van der Waals surface area contributed by atoms with E-state index in [1.165, 1.54) is 32.1 Å². The van der Waals surface area contributed by atoms with Crippen LogP contribution in [-0.4, -0.2) is 47.0 Å². The van der Waals surface area contributed by atoms with Crippen LogP contribution in [0.15, 0.2) is 82.8 Å². The van der Waals surface area contributed by atoms with Crippen molar-refractivity contribution >= 4 is 36.0 Å². The average molecular weight is 691 g/mol. The summed E-state index contributed by atoms with van der Waals surface area (Å²) < 4.78 is 29.1. The normalized spacial score (nSPS) is 11.5. The number of hydrogen-bond donors (Lipinski definition) is 0. The quantitative estimate of drug-likeness (QED) is 0.0494. The molecule has 0 aliphatic carbocycles. The zero-order chi connectivity index (χ0) is 36.3. The Morgan fingerprint density at radius 3 is 1.47 bits per heavy atom. The molecule has 0 N–H and O–H groups in total. The summed E-state index contributed by atoms with van der Waals surface area (Å²) in [5, 5.41) is 0. The van der Waals surface area contributed by atoms with Gasteiger partial charge in [-0.1, -0.05) is 94.9 Å². The van der Waals surface area contributed by atoms with Gasteiger partial charge in [-0.25, -0.2) is 0 Å². The summed E-state index contributed by atoms with van der Waals surface area (Å²) in [6, 6.07) is 24.2. The molecule has 0 atom stereocenters. The third-order valence-corrected chi connectivity index (χ3v) is 8.52. The van der Waals surface area contributed by atoms with E-state index in [0.717, 1.165) is 70.0 Å². The van der Waals surface area contributed by atoms with E-state index in [2.05, 4.69) is 62.2 Å². The van der Waals surface area contributed by atoms with E-state index in [4.69, 9.17) is 28.7 Å². The number of hydrogen-bond acceptors (Lipinski definition) is 7. The van der Waals surface area contributed by atoms with Gasteiger partial charge in [0, 0.05) is 23.6 Å². The highest BCUT2D eigenvalue weighted by Gasteiger charge is 2.15. The summed E-state index contributed by atoms with van der Waals surface area (Å²) in [6.45, 7) is 7.89. The Morgan fingerprint density at radius 2 is 0.980 bits per heavy atom. The minimum atomic E-state index is 0.537. The second kappa shape index (κ2) is 21.2. The van der Waals surface area contributed by atoms with Crippen molar-refractivity contribution in [1.82, 2.24) is 0 Å². The Morgan fingerprint density at radius 1 is 0.490 bits per heavy atom. The van der Waals surface area contributed by atoms with Gasteiger partial charge in [0.1, 0.15) is 0 Å². The van der Waals surface area contributed by atoms with E-state index in [-0.39, 0.29) is 0 Å². The van der Waals surface area contributed by atoms with E-state index in [0.29, 0.717) is 30.5 Å². The van der Waals surface area contributed by atoms with Crippen molar-refractivity contribution in [3.05, 3.63) is 101 Å². The van der Waals surface area contributed by atoms with Gasteiger partial charge < -0.3 is 23.7 Å². The molecule has 0 unspecified atom stereocenters. The number of aliphatic imine (C=N–C) groups is 2. The lowest BCUT2D eigenvalue weighted by Crippen LogP contribution is -2.06. The molecule has 0 heterocycles. The minimum absolute atomic E-state index is 0.537. The predicted molar refractivity (Wildman–Crippen MR) is 213 cm³/mol. The lowest BCUT2D eigenvalue weighted by Gasteiger charge is -2.17. The van der Waals surface area contributed by atoms with Crippen LogP contribution in [-0.2, 0) is 0 Å². The first-order chi connectivity index (χ1) is 25.0. The summed E-state index contributed by atoms with van der Waals surface area (Å²) in [7, 11) is 4.79. The summed E-state index contributed by atoms with van der Waals surface area (Å²) >= 11 is 0. The number of methoxy groups -OCH3 is 3. The van der Waals surface area contributed by atoms with Gasteiger partial charge in [0.05, 0.1) is 45.9 Å². The van der Waals surface area contributed by atoms with Gasteiger partial charge >= 0.3 is 0 Å². The van der Waals surface area contributed by atoms with Crippen LogP contribution >= 0.6 is 0 Å². The van der Waals surface area contributed by atoms with Crippen LogP contribution in [0.4, 0.5) is 11.4 Å². The molecular formula is C44H54N2O5. The fourth-order valence-electron chi connectivity index (χ4n) is 5.56. The zero-order valence-electron chi connectivity index (χ0n) is 31.2. The average Bonchev–Trinajstić information content (AvgIpc) is 3.16. The molecule has 0 amide bonds. The maximum Gasteiger partial charge on any atom is 0.203 e. The summed E-state index contributed by atoms with van der Waals surface area (Å²) in [4.78, 5) is 9.44. The molecule has 0 spiro atoms. The molecule has 0 bridgehead atoms. The summed E-state index contributed by atoms with van der Waals surface area (Å²) in [6.07, 6.45) is 17.1. The van der Waals surface area contributed by atoms with Crippen molar-refractivity contribution in [2.75, 3.05) is 34.5 Å². The van der Waals surface area contributed by atoms with E-state index in [1.807, 2.05) is 54.7 Å². The van der Waals surface area contributed by atoms with E-state index in [9.17, 15) is 0 Å². The van der Waals surface area contributed by atoms with E-state index in [1.54, 1.807) is 27.5 Å². The standard InChI is InChI=1S/C44H54N2O5/c1-7-9-11-13-29-50-41-33(3)15-22-37(43(41)51-30-14-12-10-8-2)32-46-39-26-20-35(21-27-39)17-16-34-18-24-38(25-19-34)45-31-36-23-28-40(47-4)44(49-6)42(36)48-5/h15-28,31-32H,7-14,29-30H2,1-6H3/b17-16+,45-31?,46-32?. The molecule has 0 saturated carbocycles. The van der Waals surface area contributed by atoms with Crippen LogP contribution in [0.2, 0.25) is 0 Å². The van der Waals surface area contributed by atoms with E-state index >= 15 is 0 Å². The van der Waals surface area contributed by atoms with Gasteiger partial charge in [-0.3, -0.25) is 9.98 Å². The van der Waals surface area contributed by atoms with Gasteiger partial charge in [0.15, 0.2) is 23.0 Å². The van der Waals surface area contributed by atoms with Crippen molar-refractivity contribution < 1.29 is 23.7 Å². The first-order valence-corrected chi connectivity index (χ1v) is 18.2. The molecule has 4 aromatic carbocycles. The monoisotopic (exact) mass is 690 g/mol. The van der Waals surface area contributed by atoms with Crippen LogP contribution in [0.25, 0.3) is 12.2 Å². The van der Waals surface area contributed by atoms with Gasteiger partial charge in [0.2, 0.25) is 5.75 Å². The number of ether oxygens (including phenoxy) is 5. The number of unbranched alkanes of at least 4 members (excludes halogenated alkanes) is 6. The molecule has 4 aromatic rings. The van der Waals surface area contributed by atoms with Crippen molar-refractivity contribution in [2.45, 2.75) is 72.1 Å². The Bertz CT molecular complexity index is 1730. The highest BCUT2D eigenvalue weighted by Crippen LogP contribution is 2.39. The van der Waals surface area contributed by atoms with Crippen LogP contribution in [0.1, 0.15) is 93.0 Å². The molecule has 0 radical (unpaired) electrons. The van der Waals surface area contributed by atoms with Crippen molar-refractivity contribution in [3.8, 4) is 28.7 Å². The third kappa shape index (κ3) is 11.8. The Hall–Kier alpha value is -5.04. The highest BCUT2D eigenvalue weighted by atomic mass is 16.5. The van der Waals surface area contributed by atoms with E-state index < -0.39 is 0 Å². The summed E-state index contributed by atoms with van der Waals surface area (Å²) in [5.41, 5.74) is 6.67. The Kier molecular flexibility index (Phi) is 16.1. The largest absolute Gasteiger partial charge is 0.493 e. The van der Waals surface area contributed by atoms with Crippen LogP contribution < -0.4 is 23.7 Å². The van der Waals surface area contributed by atoms with Crippen LogP contribution in [0, 0.1) is 6.92 Å². The topological polar surface area (TPSA) is 70.9 Å². The fraction of sp³-hybridized carbons (Fsp3) is 0.364. The minimum Gasteiger partial charge on any atom is -0.493 e. The molecule has 51 heavy (non-hydrogen) atoms. The first-order valence-electron chi connectivity index (χ1n) is 18.2. The molecular weight excluding hydrogens is 636 g/mol. The lowest BCUT2D eigenvalue weighted by atomic mass is 10.1. The molecule has 7 heteroatoms. The molecule has 0 aliphatic heterocycles. The molecule has 4 rings (SSSR count). The van der Waals surface area contributed by atoms with Gasteiger partial charge in [0.25, 0.3) is 0 Å². The van der Waals surface area contributed by atoms with Gasteiger partial charge in [-0.15, -0.1) is 0 Å². The van der Waals surface area contributed by atoms with Crippen molar-refractivity contribution in [2.24, 2.45) is 9.98 Å². The lowest BCUT2D eigenvalue weighted by molar-refractivity contribution is 0.257. The Balaban J connectivity index is 1.41. The van der Waals surface area contributed by atoms with Crippen molar-refractivity contribution in [1.29, 1.82) is 0 Å². The van der Waals surface area contributed by atoms with Crippen LogP contribution in [0.3, 0.4) is 0 Å². The molecule has 7 nitrogen and oxygen atoms in total. The molecule has 270 valence electrons. The zero-order valence-corrected chi connectivity index (χ0v) is 31.2. The third-order valence-electron chi connectivity index (χ3n) is 8.52.